The molecule has 6 heteroatoms. The molecule has 0 aliphatic rings. The van der Waals surface area contributed by atoms with Crippen LogP contribution in [0.5, 0.6) is 0 Å². The molecule has 1 aromatic carbocycles. The van der Waals surface area contributed by atoms with E-state index in [4.69, 9.17) is 5.84 Å². The van der Waals surface area contributed by atoms with Gasteiger partial charge in [-0.05, 0) is 34.1 Å². The molecule has 1 amide bonds. The Bertz CT molecular complexity index is 556. The number of halogens is 1. The molecule has 0 unspecified atom stereocenters. The number of nitrogens with two attached hydrogens (primary N) is 1. The molecular formula is C12H12BrN3OS. The van der Waals surface area contributed by atoms with Crippen LogP contribution in [0.15, 0.2) is 40.2 Å². The van der Waals surface area contributed by atoms with Crippen LogP contribution in [0.25, 0.3) is 0 Å². The zero-order valence-corrected chi connectivity index (χ0v) is 11.8. The van der Waals surface area contributed by atoms with E-state index in [1.54, 1.807) is 29.5 Å². The lowest BCUT2D eigenvalue weighted by Crippen LogP contribution is -2.24. The summed E-state index contributed by atoms with van der Waals surface area (Å²) < 4.78 is 1.03. The quantitative estimate of drug-likeness (QED) is 0.598. The molecule has 1 aromatic heterocycles. The predicted molar refractivity (Wildman–Crippen MR) is 77.4 cm³/mol. The van der Waals surface area contributed by atoms with E-state index in [0.717, 1.165) is 9.35 Å². The van der Waals surface area contributed by atoms with Gasteiger partial charge in [-0.15, -0.1) is 11.3 Å². The molecule has 94 valence electrons. The minimum atomic E-state index is -0.145. The van der Waals surface area contributed by atoms with Crippen molar-refractivity contribution in [2.75, 3.05) is 5.43 Å². The topological polar surface area (TPSA) is 67.1 Å². The Labute approximate surface area is 117 Å². The Hall–Kier alpha value is -1.37. The number of anilines is 1. The number of nitrogen functional groups attached to an aromatic ring is 1. The van der Waals surface area contributed by atoms with E-state index in [-0.39, 0.29) is 5.91 Å². The molecule has 0 bridgehead atoms. The second-order valence-corrected chi connectivity index (χ2v) is 5.52. The van der Waals surface area contributed by atoms with Crippen molar-refractivity contribution in [2.24, 2.45) is 5.84 Å². The van der Waals surface area contributed by atoms with Crippen molar-refractivity contribution in [3.8, 4) is 0 Å². The number of hydrogen-bond acceptors (Lipinski definition) is 4. The van der Waals surface area contributed by atoms with Crippen molar-refractivity contribution in [3.05, 3.63) is 50.6 Å². The summed E-state index contributed by atoms with van der Waals surface area (Å²) in [5.74, 6) is 5.22. The molecule has 2 aromatic rings. The van der Waals surface area contributed by atoms with Crippen LogP contribution in [0.3, 0.4) is 0 Å². The second kappa shape index (κ2) is 5.99. The van der Waals surface area contributed by atoms with E-state index >= 15 is 0 Å². The molecule has 0 spiro atoms. The smallest absolute Gasteiger partial charge is 0.253 e. The number of hydrazine groups is 1. The number of amides is 1. The van der Waals surface area contributed by atoms with Crippen LogP contribution in [-0.2, 0) is 6.54 Å². The maximum atomic E-state index is 12.0. The first-order valence-electron chi connectivity index (χ1n) is 5.27. The van der Waals surface area contributed by atoms with Crippen LogP contribution in [0.1, 0.15) is 15.2 Å². The molecule has 0 fully saturated rings. The van der Waals surface area contributed by atoms with E-state index < -0.39 is 0 Å². The fourth-order valence-corrected chi connectivity index (χ4v) is 2.91. The van der Waals surface area contributed by atoms with E-state index in [1.165, 1.54) is 0 Å². The highest BCUT2D eigenvalue weighted by atomic mass is 79.9. The molecule has 0 aliphatic carbocycles. The predicted octanol–water partition coefficient (Wildman–Crippen LogP) is 2.73. The molecule has 2 rings (SSSR count). The summed E-state index contributed by atoms with van der Waals surface area (Å²) in [6.07, 6.45) is 0. The molecule has 18 heavy (non-hydrogen) atoms. The van der Waals surface area contributed by atoms with Crippen LogP contribution in [0.2, 0.25) is 0 Å². The molecule has 4 N–H and O–H groups in total. The summed E-state index contributed by atoms with van der Waals surface area (Å²) >= 11 is 4.97. The maximum Gasteiger partial charge on any atom is 0.253 e. The van der Waals surface area contributed by atoms with E-state index in [9.17, 15) is 4.79 Å². The van der Waals surface area contributed by atoms with E-state index in [1.807, 2.05) is 17.5 Å². The van der Waals surface area contributed by atoms with E-state index in [0.29, 0.717) is 17.8 Å². The largest absolute Gasteiger partial charge is 0.347 e. The lowest BCUT2D eigenvalue weighted by molar-refractivity contribution is 0.0952. The third kappa shape index (κ3) is 3.10. The lowest BCUT2D eigenvalue weighted by Gasteiger charge is -2.08. The number of para-hydroxylation sites is 1. The number of carbonyl (C=O) groups is 1. The third-order valence-electron chi connectivity index (χ3n) is 2.37. The van der Waals surface area contributed by atoms with Crippen molar-refractivity contribution in [1.29, 1.82) is 0 Å². The molecule has 0 aliphatic heterocycles. The van der Waals surface area contributed by atoms with Crippen LogP contribution >= 0.6 is 27.3 Å². The van der Waals surface area contributed by atoms with Gasteiger partial charge in [-0.1, -0.05) is 12.1 Å². The summed E-state index contributed by atoms with van der Waals surface area (Å²) in [7, 11) is 0. The van der Waals surface area contributed by atoms with Gasteiger partial charge in [-0.25, -0.2) is 0 Å². The van der Waals surface area contributed by atoms with Crippen LogP contribution in [0, 0.1) is 0 Å². The fraction of sp³-hybridized carbons (Fsp3) is 0.0833. The zero-order valence-electron chi connectivity index (χ0n) is 9.44. The highest BCUT2D eigenvalue weighted by Gasteiger charge is 2.10. The van der Waals surface area contributed by atoms with Gasteiger partial charge in [0.25, 0.3) is 5.91 Å². The van der Waals surface area contributed by atoms with Gasteiger partial charge < -0.3 is 10.7 Å². The van der Waals surface area contributed by atoms with Crippen molar-refractivity contribution >= 4 is 38.9 Å². The highest BCUT2D eigenvalue weighted by molar-refractivity contribution is 9.10. The monoisotopic (exact) mass is 325 g/mol. The minimum absolute atomic E-state index is 0.145. The van der Waals surface area contributed by atoms with Gasteiger partial charge in [0.2, 0.25) is 0 Å². The van der Waals surface area contributed by atoms with Gasteiger partial charge in [0.15, 0.2) is 0 Å². The average molecular weight is 326 g/mol. The summed E-state index contributed by atoms with van der Waals surface area (Å²) in [4.78, 5) is 13.1. The Kier molecular flexibility index (Phi) is 4.35. The Morgan fingerprint density at radius 1 is 1.39 bits per heavy atom. The standard InChI is InChI=1S/C12H12BrN3OS/c13-8-5-9(18-7-8)6-15-12(17)10-3-1-2-4-11(10)16-14/h1-5,7,16H,6,14H2,(H,15,17). The van der Waals surface area contributed by atoms with Crippen LogP contribution in [0.4, 0.5) is 5.69 Å². The molecule has 0 atom stereocenters. The first kappa shape index (κ1) is 13.1. The number of rotatable bonds is 4. The van der Waals surface area contributed by atoms with Crippen molar-refractivity contribution in [2.45, 2.75) is 6.54 Å². The molecule has 0 radical (unpaired) electrons. The second-order valence-electron chi connectivity index (χ2n) is 3.60. The molecular weight excluding hydrogens is 314 g/mol. The summed E-state index contributed by atoms with van der Waals surface area (Å²) in [5.41, 5.74) is 3.66. The third-order valence-corrected chi connectivity index (χ3v) is 4.07. The van der Waals surface area contributed by atoms with E-state index in [2.05, 4.69) is 26.7 Å². The van der Waals surface area contributed by atoms with Crippen LogP contribution < -0.4 is 16.6 Å². The number of thiophene rings is 1. The van der Waals surface area contributed by atoms with Gasteiger partial charge in [0.1, 0.15) is 0 Å². The first-order chi connectivity index (χ1) is 8.70. The SMILES string of the molecule is NNc1ccccc1C(=O)NCc1cc(Br)cs1. The van der Waals surface area contributed by atoms with Crippen molar-refractivity contribution in [3.63, 3.8) is 0 Å². The number of nitrogens with one attached hydrogen (secondary N) is 2. The van der Waals surface area contributed by atoms with Gasteiger partial charge >= 0.3 is 0 Å². The lowest BCUT2D eigenvalue weighted by atomic mass is 10.1. The van der Waals surface area contributed by atoms with Gasteiger partial charge in [-0.3, -0.25) is 10.6 Å². The number of hydrogen-bond donors (Lipinski definition) is 3. The Balaban J connectivity index is 2.03. The Morgan fingerprint density at radius 3 is 2.83 bits per heavy atom. The normalized spacial score (nSPS) is 10.1. The highest BCUT2D eigenvalue weighted by Crippen LogP contribution is 2.20. The molecule has 0 saturated heterocycles. The van der Waals surface area contributed by atoms with Gasteiger partial charge in [-0.2, -0.15) is 0 Å². The summed E-state index contributed by atoms with van der Waals surface area (Å²) in [5, 5.41) is 4.84. The summed E-state index contributed by atoms with van der Waals surface area (Å²) in [6, 6.07) is 9.10. The Morgan fingerprint density at radius 2 is 2.17 bits per heavy atom. The summed E-state index contributed by atoms with van der Waals surface area (Å²) in [6.45, 7) is 0.508. The van der Waals surface area contributed by atoms with Crippen molar-refractivity contribution < 1.29 is 4.79 Å². The fourth-order valence-electron chi connectivity index (χ4n) is 1.52. The van der Waals surface area contributed by atoms with Gasteiger partial charge in [0.05, 0.1) is 17.8 Å². The zero-order chi connectivity index (χ0) is 13.0. The molecule has 1 heterocycles. The van der Waals surface area contributed by atoms with Crippen molar-refractivity contribution in [1.82, 2.24) is 5.32 Å². The average Bonchev–Trinajstić information content (AvgIpc) is 2.81. The maximum absolute atomic E-state index is 12.0. The van der Waals surface area contributed by atoms with Crippen LogP contribution in [-0.4, -0.2) is 5.91 Å². The minimum Gasteiger partial charge on any atom is -0.347 e. The number of benzene rings is 1. The first-order valence-corrected chi connectivity index (χ1v) is 6.94. The number of carbonyl (C=O) groups excluding carboxylic acids is 1. The van der Waals surface area contributed by atoms with Gasteiger partial charge in [0, 0.05) is 14.7 Å². The molecule has 4 nitrogen and oxygen atoms in total. The molecule has 0 saturated carbocycles.